The molecule has 2 aliphatic rings. The van der Waals surface area contributed by atoms with Crippen LogP contribution in [0.4, 0.5) is 5.69 Å². The number of rotatable bonds is 6. The zero-order valence-corrected chi connectivity index (χ0v) is 18.7. The number of aliphatic hydroxyl groups is 1. The third-order valence-electron chi connectivity index (χ3n) is 7.13. The summed E-state index contributed by atoms with van der Waals surface area (Å²) in [5, 5.41) is 10.8. The van der Waals surface area contributed by atoms with Crippen LogP contribution in [0.15, 0.2) is 72.8 Å². The van der Waals surface area contributed by atoms with Gasteiger partial charge in [0.05, 0.1) is 0 Å². The normalized spacial score (nSPS) is 16.8. The van der Waals surface area contributed by atoms with Gasteiger partial charge in [-0.3, -0.25) is 0 Å². The van der Waals surface area contributed by atoms with Crippen LogP contribution in [0.25, 0.3) is 11.1 Å². The predicted octanol–water partition coefficient (Wildman–Crippen LogP) is 4.08. The van der Waals surface area contributed by atoms with Crippen molar-refractivity contribution in [3.63, 3.8) is 0 Å². The highest BCUT2D eigenvalue weighted by molar-refractivity contribution is 5.79. The number of anilines is 1. The van der Waals surface area contributed by atoms with Crippen molar-refractivity contribution in [2.45, 2.75) is 31.4 Å². The maximum Gasteiger partial charge on any atom is 0.335 e. The molecule has 5 nitrogen and oxygen atoms in total. The van der Waals surface area contributed by atoms with Crippen LogP contribution in [0.5, 0.6) is 0 Å². The van der Waals surface area contributed by atoms with E-state index in [1.807, 2.05) is 42.5 Å². The fourth-order valence-electron chi connectivity index (χ4n) is 5.33. The first-order chi connectivity index (χ1) is 16.2. The van der Waals surface area contributed by atoms with Gasteiger partial charge in [0.2, 0.25) is 0 Å². The summed E-state index contributed by atoms with van der Waals surface area (Å²) in [6.45, 7) is 2.32. The van der Waals surface area contributed by atoms with Gasteiger partial charge in [0.25, 0.3) is 0 Å². The summed E-state index contributed by atoms with van der Waals surface area (Å²) in [6.07, 6.45) is 0.387. The van der Waals surface area contributed by atoms with Gasteiger partial charge in [-0.05, 0) is 52.6 Å². The number of fused-ring (bicyclic) bond motifs is 3. The zero-order valence-electron chi connectivity index (χ0n) is 18.7. The Balaban J connectivity index is 1.20. The van der Waals surface area contributed by atoms with E-state index in [1.165, 1.54) is 22.3 Å². The molecule has 1 atom stereocenters. The molecule has 0 saturated carbocycles. The Bertz CT molecular complexity index is 1090. The number of aliphatic hydroxyl groups excluding tert-OH is 1. The number of carbonyl (C=O) groups excluding carboxylic acids is 1. The number of hydrogen-bond donors (Lipinski definition) is 2. The second-order valence-electron chi connectivity index (χ2n) is 8.96. The lowest BCUT2D eigenvalue weighted by Crippen LogP contribution is -2.41. The molecule has 3 aromatic carbocycles. The molecule has 5 rings (SSSR count). The summed E-state index contributed by atoms with van der Waals surface area (Å²) < 4.78 is 5.68. The van der Waals surface area contributed by atoms with Gasteiger partial charge in [-0.2, -0.15) is 0 Å². The fraction of sp³-hybridized carbons (Fsp3) is 0.321. The number of nitrogens with zero attached hydrogens (tertiary/aromatic N) is 1. The minimum Gasteiger partial charge on any atom is -0.463 e. The van der Waals surface area contributed by atoms with Crippen molar-refractivity contribution in [3.8, 4) is 11.1 Å². The third-order valence-corrected chi connectivity index (χ3v) is 7.13. The van der Waals surface area contributed by atoms with Gasteiger partial charge in [0.1, 0.15) is 6.61 Å². The summed E-state index contributed by atoms with van der Waals surface area (Å²) in [5.41, 5.74) is 12.9. The van der Waals surface area contributed by atoms with E-state index in [2.05, 4.69) is 35.2 Å². The van der Waals surface area contributed by atoms with Crippen molar-refractivity contribution < 1.29 is 14.6 Å². The highest BCUT2D eigenvalue weighted by Gasteiger charge is 2.33. The largest absolute Gasteiger partial charge is 0.463 e. The summed E-state index contributed by atoms with van der Waals surface area (Å²) in [5.74, 6) is -0.609. The van der Waals surface area contributed by atoms with Gasteiger partial charge in [0, 0.05) is 31.2 Å². The minimum atomic E-state index is -1.09. The molecule has 33 heavy (non-hydrogen) atoms. The van der Waals surface area contributed by atoms with E-state index in [0.29, 0.717) is 6.54 Å². The van der Waals surface area contributed by atoms with E-state index in [0.717, 1.165) is 37.2 Å². The van der Waals surface area contributed by atoms with Crippen molar-refractivity contribution in [1.29, 1.82) is 0 Å². The Kier molecular flexibility index (Phi) is 6.16. The topological polar surface area (TPSA) is 75.8 Å². The molecule has 0 bridgehead atoms. The quantitative estimate of drug-likeness (QED) is 0.563. The van der Waals surface area contributed by atoms with Gasteiger partial charge in [-0.25, -0.2) is 4.79 Å². The molecular formula is C28H30N2O3. The molecule has 170 valence electrons. The molecule has 0 radical (unpaired) electrons. The molecule has 1 heterocycles. The van der Waals surface area contributed by atoms with Crippen molar-refractivity contribution in [1.82, 2.24) is 0 Å². The fourth-order valence-corrected chi connectivity index (χ4v) is 5.33. The molecule has 5 heteroatoms. The Morgan fingerprint density at radius 2 is 1.52 bits per heavy atom. The van der Waals surface area contributed by atoms with Gasteiger partial charge in [-0.15, -0.1) is 0 Å². The van der Waals surface area contributed by atoms with Crippen LogP contribution in [0.1, 0.15) is 35.4 Å². The van der Waals surface area contributed by atoms with Gasteiger partial charge < -0.3 is 20.5 Å². The first-order valence-electron chi connectivity index (χ1n) is 11.7. The van der Waals surface area contributed by atoms with E-state index in [-0.39, 0.29) is 18.4 Å². The van der Waals surface area contributed by atoms with Crippen molar-refractivity contribution in [2.75, 3.05) is 24.6 Å². The number of nitrogens with two attached hydrogens (primary N) is 1. The number of piperidine rings is 1. The number of para-hydroxylation sites is 1. The van der Waals surface area contributed by atoms with E-state index in [4.69, 9.17) is 10.5 Å². The number of carbonyl (C=O) groups is 1. The maximum absolute atomic E-state index is 12.8. The molecule has 1 aliphatic carbocycles. The molecular weight excluding hydrogens is 412 g/mol. The summed E-state index contributed by atoms with van der Waals surface area (Å²) >= 11 is 0. The van der Waals surface area contributed by atoms with Crippen LogP contribution in [-0.4, -0.2) is 36.9 Å². The van der Waals surface area contributed by atoms with E-state index >= 15 is 0 Å². The lowest BCUT2D eigenvalue weighted by Gasteiger charge is -2.36. The van der Waals surface area contributed by atoms with E-state index < -0.39 is 12.1 Å². The van der Waals surface area contributed by atoms with Gasteiger partial charge in [0.15, 0.2) is 6.10 Å². The standard InChI is InChI=1S/C28H30N2O3/c29-17-20-7-1-6-12-26(20)30-15-13-19(14-16-30)27(31)28(32)33-18-25-23-10-4-2-8-21(23)22-9-3-5-11-24(22)25/h1-12,19,25,27,31H,13-18,29H2. The Hall–Kier alpha value is -3.15. The van der Waals surface area contributed by atoms with E-state index in [1.54, 1.807) is 0 Å². The third kappa shape index (κ3) is 4.14. The summed E-state index contributed by atoms with van der Waals surface area (Å²) in [6, 6.07) is 24.7. The van der Waals surface area contributed by atoms with Gasteiger partial charge >= 0.3 is 5.97 Å². The maximum atomic E-state index is 12.8. The number of benzene rings is 3. The van der Waals surface area contributed by atoms with Crippen LogP contribution < -0.4 is 10.6 Å². The second-order valence-corrected chi connectivity index (χ2v) is 8.96. The smallest absolute Gasteiger partial charge is 0.335 e. The average Bonchev–Trinajstić information content (AvgIpc) is 3.20. The van der Waals surface area contributed by atoms with Crippen LogP contribution in [0.3, 0.4) is 0 Å². The van der Waals surface area contributed by atoms with Crippen molar-refractivity contribution in [3.05, 3.63) is 89.5 Å². The number of ether oxygens (including phenoxy) is 1. The minimum absolute atomic E-state index is 0.00293. The SMILES string of the molecule is NCc1ccccc1N1CCC(C(O)C(=O)OCC2c3ccccc3-c3ccccc32)CC1. The highest BCUT2D eigenvalue weighted by atomic mass is 16.5. The summed E-state index contributed by atoms with van der Waals surface area (Å²) in [7, 11) is 0. The van der Waals surface area contributed by atoms with E-state index in [9.17, 15) is 9.90 Å². The molecule has 1 saturated heterocycles. The van der Waals surface area contributed by atoms with Crippen molar-refractivity contribution in [2.24, 2.45) is 11.7 Å². The molecule has 1 aliphatic heterocycles. The van der Waals surface area contributed by atoms with Crippen LogP contribution >= 0.6 is 0 Å². The Labute approximate surface area is 194 Å². The number of esters is 1. The molecule has 0 spiro atoms. The lowest BCUT2D eigenvalue weighted by molar-refractivity contribution is -0.157. The molecule has 3 N–H and O–H groups in total. The first kappa shape index (κ1) is 21.7. The van der Waals surface area contributed by atoms with Crippen molar-refractivity contribution >= 4 is 11.7 Å². The Morgan fingerprint density at radius 1 is 0.939 bits per heavy atom. The monoisotopic (exact) mass is 442 g/mol. The molecule has 0 aromatic heterocycles. The zero-order chi connectivity index (χ0) is 22.8. The first-order valence-corrected chi connectivity index (χ1v) is 11.7. The molecule has 0 amide bonds. The molecule has 3 aromatic rings. The van der Waals surface area contributed by atoms with Crippen LogP contribution in [0, 0.1) is 5.92 Å². The second kappa shape index (κ2) is 9.38. The summed E-state index contributed by atoms with van der Waals surface area (Å²) in [4.78, 5) is 15.1. The molecule has 1 fully saturated rings. The predicted molar refractivity (Wildman–Crippen MR) is 130 cm³/mol. The average molecular weight is 443 g/mol. The highest BCUT2D eigenvalue weighted by Crippen LogP contribution is 2.44. The van der Waals surface area contributed by atoms with Crippen LogP contribution in [-0.2, 0) is 16.1 Å². The van der Waals surface area contributed by atoms with Crippen LogP contribution in [0.2, 0.25) is 0 Å². The number of hydrogen-bond acceptors (Lipinski definition) is 5. The van der Waals surface area contributed by atoms with Gasteiger partial charge in [-0.1, -0.05) is 66.7 Å². The molecule has 1 unspecified atom stereocenters. The lowest BCUT2D eigenvalue weighted by atomic mass is 9.90. The Morgan fingerprint density at radius 3 is 2.15 bits per heavy atom.